The topological polar surface area (TPSA) is 156 Å². The van der Waals surface area contributed by atoms with Crippen molar-refractivity contribution in [2.45, 2.75) is 45.3 Å². The molecule has 1 unspecified atom stereocenters. The summed E-state index contributed by atoms with van der Waals surface area (Å²) in [4.78, 5) is 55.4. The summed E-state index contributed by atoms with van der Waals surface area (Å²) >= 11 is 0. The van der Waals surface area contributed by atoms with Crippen molar-refractivity contribution >= 4 is 35.5 Å². The highest BCUT2D eigenvalue weighted by molar-refractivity contribution is 6.02. The number of carbonyl (C=O) groups excluding carboxylic acids is 4. The Kier molecular flexibility index (Phi) is 9.65. The Morgan fingerprint density at radius 2 is 1.94 bits per heavy atom. The van der Waals surface area contributed by atoms with Crippen molar-refractivity contribution in [3.63, 3.8) is 0 Å². The van der Waals surface area contributed by atoms with E-state index in [0.29, 0.717) is 24.2 Å². The highest BCUT2D eigenvalue weighted by Crippen LogP contribution is 2.22. The lowest BCUT2D eigenvalue weighted by Crippen LogP contribution is -2.46. The van der Waals surface area contributed by atoms with Gasteiger partial charge in [0.2, 0.25) is 5.91 Å². The van der Waals surface area contributed by atoms with Gasteiger partial charge in [-0.3, -0.25) is 14.4 Å². The fraction of sp³-hybridized carbons (Fsp3) is 0.500. The Morgan fingerprint density at radius 1 is 1.26 bits per heavy atom. The minimum atomic E-state index is -0.677. The molecule has 12 heteroatoms. The van der Waals surface area contributed by atoms with E-state index < -0.39 is 18.2 Å². The van der Waals surface area contributed by atoms with Gasteiger partial charge < -0.3 is 30.9 Å². The van der Waals surface area contributed by atoms with Gasteiger partial charge in [0.15, 0.2) is 5.84 Å². The van der Waals surface area contributed by atoms with E-state index in [1.807, 2.05) is 6.92 Å². The van der Waals surface area contributed by atoms with Gasteiger partial charge >= 0.3 is 18.1 Å². The standard InChI is InChI=1S/C22H32N6O6/c1-5-14(2)33-18(29)10-12-24-21(31)25-17-11-13-28(20(17)30)16-8-6-15(7-9-16)19(23)26-34-22(32)27(3)4/h6-9,14,17H,5,10-13H2,1-4H3,(H2,23,26)(H2,24,25,31)/t14?,17-/m1/s1. The van der Waals surface area contributed by atoms with Crippen LogP contribution in [-0.2, 0) is 19.2 Å². The van der Waals surface area contributed by atoms with Crippen LogP contribution in [-0.4, -0.2) is 74.1 Å². The van der Waals surface area contributed by atoms with Crippen LogP contribution >= 0.6 is 0 Å². The number of hydrogen-bond donors (Lipinski definition) is 3. The quantitative estimate of drug-likeness (QED) is 0.159. The fourth-order valence-corrected chi connectivity index (χ4v) is 2.96. The number of nitrogens with two attached hydrogens (primary N) is 1. The normalized spacial score (nSPS) is 16.6. The number of urea groups is 1. The average molecular weight is 477 g/mol. The van der Waals surface area contributed by atoms with Gasteiger partial charge in [0.05, 0.1) is 12.5 Å². The summed E-state index contributed by atoms with van der Waals surface area (Å²) in [6.45, 7) is 4.25. The van der Waals surface area contributed by atoms with E-state index >= 15 is 0 Å². The van der Waals surface area contributed by atoms with E-state index in [0.717, 1.165) is 6.42 Å². The lowest BCUT2D eigenvalue weighted by molar-refractivity contribution is -0.148. The van der Waals surface area contributed by atoms with E-state index in [4.69, 9.17) is 15.3 Å². The molecule has 1 fully saturated rings. The van der Waals surface area contributed by atoms with Gasteiger partial charge in [0.25, 0.3) is 0 Å². The summed E-state index contributed by atoms with van der Waals surface area (Å²) in [5, 5.41) is 8.80. The first-order chi connectivity index (χ1) is 16.1. The second-order valence-corrected chi connectivity index (χ2v) is 7.97. The average Bonchev–Trinajstić information content (AvgIpc) is 3.16. The van der Waals surface area contributed by atoms with Crippen LogP contribution in [0.2, 0.25) is 0 Å². The van der Waals surface area contributed by atoms with Crippen molar-refractivity contribution in [2.24, 2.45) is 10.9 Å². The van der Waals surface area contributed by atoms with Crippen molar-refractivity contribution in [3.05, 3.63) is 29.8 Å². The lowest BCUT2D eigenvalue weighted by Gasteiger charge is -2.18. The number of nitrogens with zero attached hydrogens (tertiary/aromatic N) is 3. The molecule has 4 N–H and O–H groups in total. The number of rotatable bonds is 9. The molecular formula is C22H32N6O6. The number of anilines is 1. The summed E-state index contributed by atoms with van der Waals surface area (Å²) in [5.41, 5.74) is 6.98. The molecule has 0 aliphatic carbocycles. The zero-order valence-electron chi connectivity index (χ0n) is 19.9. The number of benzene rings is 1. The number of hydrogen-bond acceptors (Lipinski definition) is 7. The fourth-order valence-electron chi connectivity index (χ4n) is 2.96. The highest BCUT2D eigenvalue weighted by Gasteiger charge is 2.33. The second-order valence-electron chi connectivity index (χ2n) is 7.97. The molecule has 1 saturated heterocycles. The van der Waals surface area contributed by atoms with Crippen molar-refractivity contribution < 1.29 is 28.8 Å². The van der Waals surface area contributed by atoms with Gasteiger partial charge in [-0.25, -0.2) is 9.59 Å². The second kappa shape index (κ2) is 12.4. The van der Waals surface area contributed by atoms with Crippen LogP contribution in [0.15, 0.2) is 29.4 Å². The first-order valence-electron chi connectivity index (χ1n) is 11.0. The Bertz CT molecular complexity index is 917. The molecule has 0 saturated carbocycles. The van der Waals surface area contributed by atoms with Crippen LogP contribution in [0.1, 0.15) is 38.7 Å². The Morgan fingerprint density at radius 3 is 2.56 bits per heavy atom. The molecule has 186 valence electrons. The van der Waals surface area contributed by atoms with E-state index in [2.05, 4.69) is 15.8 Å². The smallest absolute Gasteiger partial charge is 0.435 e. The maximum Gasteiger partial charge on any atom is 0.435 e. The van der Waals surface area contributed by atoms with Crippen LogP contribution in [0.5, 0.6) is 0 Å². The molecule has 0 bridgehead atoms. The predicted octanol–water partition coefficient (Wildman–Crippen LogP) is 1.14. The Hall–Kier alpha value is -3.83. The molecule has 0 aromatic heterocycles. The van der Waals surface area contributed by atoms with Crippen LogP contribution in [0.4, 0.5) is 15.3 Å². The van der Waals surface area contributed by atoms with Crippen molar-refractivity contribution in [1.29, 1.82) is 0 Å². The van der Waals surface area contributed by atoms with Gasteiger partial charge in [0, 0.05) is 38.4 Å². The van der Waals surface area contributed by atoms with Crippen LogP contribution in [0, 0.1) is 0 Å². The maximum absolute atomic E-state index is 12.7. The third-order valence-electron chi connectivity index (χ3n) is 5.10. The molecule has 2 rings (SSSR count). The molecule has 2 atom stereocenters. The molecule has 1 heterocycles. The van der Waals surface area contributed by atoms with Crippen LogP contribution < -0.4 is 21.3 Å². The molecule has 34 heavy (non-hydrogen) atoms. The molecule has 1 aromatic carbocycles. The van der Waals surface area contributed by atoms with E-state index in [-0.39, 0.29) is 36.8 Å². The predicted molar refractivity (Wildman–Crippen MR) is 125 cm³/mol. The zero-order chi connectivity index (χ0) is 25.3. The number of oxime groups is 1. The first kappa shape index (κ1) is 26.4. The van der Waals surface area contributed by atoms with E-state index in [9.17, 15) is 19.2 Å². The molecule has 0 radical (unpaired) electrons. The maximum atomic E-state index is 12.7. The summed E-state index contributed by atoms with van der Waals surface area (Å²) < 4.78 is 5.14. The molecule has 1 aliphatic rings. The summed E-state index contributed by atoms with van der Waals surface area (Å²) in [5.74, 6) is -0.623. The molecule has 1 aromatic rings. The number of nitrogens with one attached hydrogen (secondary N) is 2. The summed E-state index contributed by atoms with van der Waals surface area (Å²) in [6, 6.07) is 5.48. The molecule has 1 aliphatic heterocycles. The number of esters is 1. The summed E-state index contributed by atoms with van der Waals surface area (Å²) in [7, 11) is 3.04. The molecular weight excluding hydrogens is 444 g/mol. The van der Waals surface area contributed by atoms with Crippen LogP contribution in [0.25, 0.3) is 0 Å². The number of amidine groups is 1. The van der Waals surface area contributed by atoms with Crippen LogP contribution in [0.3, 0.4) is 0 Å². The molecule has 4 amide bonds. The third-order valence-corrected chi connectivity index (χ3v) is 5.10. The first-order valence-corrected chi connectivity index (χ1v) is 11.0. The number of ether oxygens (including phenoxy) is 1. The monoisotopic (exact) mass is 476 g/mol. The molecule has 0 spiro atoms. The van der Waals surface area contributed by atoms with Gasteiger partial charge in [-0.15, -0.1) is 0 Å². The minimum Gasteiger partial charge on any atom is -0.463 e. The van der Waals surface area contributed by atoms with Crippen molar-refractivity contribution in [1.82, 2.24) is 15.5 Å². The SMILES string of the molecule is CCC(C)OC(=O)CCNC(=O)N[C@@H]1CCN(c2ccc(/C(N)=N\OC(=O)N(C)C)cc2)C1=O. The van der Waals surface area contributed by atoms with Crippen molar-refractivity contribution in [2.75, 3.05) is 32.1 Å². The number of amides is 4. The Balaban J connectivity index is 1.84. The lowest BCUT2D eigenvalue weighted by atomic mass is 10.2. The van der Waals surface area contributed by atoms with Gasteiger partial charge in [0.1, 0.15) is 6.04 Å². The highest BCUT2D eigenvalue weighted by atomic mass is 16.7. The number of carbonyl (C=O) groups is 4. The third kappa shape index (κ3) is 7.64. The van der Waals surface area contributed by atoms with Gasteiger partial charge in [-0.1, -0.05) is 12.1 Å². The van der Waals surface area contributed by atoms with Crippen molar-refractivity contribution in [3.8, 4) is 0 Å². The van der Waals surface area contributed by atoms with Gasteiger partial charge in [-0.05, 0) is 44.0 Å². The van der Waals surface area contributed by atoms with E-state index in [1.165, 1.54) is 19.0 Å². The minimum absolute atomic E-state index is 0.0127. The van der Waals surface area contributed by atoms with Gasteiger partial charge in [-0.2, -0.15) is 0 Å². The largest absolute Gasteiger partial charge is 0.463 e. The Labute approximate surface area is 198 Å². The molecule has 12 nitrogen and oxygen atoms in total. The zero-order valence-corrected chi connectivity index (χ0v) is 19.9. The van der Waals surface area contributed by atoms with E-state index in [1.54, 1.807) is 36.1 Å². The summed E-state index contributed by atoms with van der Waals surface area (Å²) in [6.07, 6.45) is 0.386.